The lowest BCUT2D eigenvalue weighted by Gasteiger charge is -2.11. The van der Waals surface area contributed by atoms with Gasteiger partial charge in [0, 0.05) is 10.2 Å². The van der Waals surface area contributed by atoms with E-state index in [-0.39, 0.29) is 5.91 Å². The second-order valence-corrected chi connectivity index (χ2v) is 7.06. The van der Waals surface area contributed by atoms with Gasteiger partial charge in [-0.2, -0.15) is 0 Å². The number of quaternary nitrogens is 1. The molecule has 2 N–H and O–H groups in total. The van der Waals surface area contributed by atoms with Gasteiger partial charge in [0.25, 0.3) is 11.8 Å². The maximum Gasteiger partial charge on any atom is 0.279 e. The molecule has 0 saturated carbocycles. The summed E-state index contributed by atoms with van der Waals surface area (Å²) in [4.78, 5) is 13.1. The zero-order valence-electron chi connectivity index (χ0n) is 14.6. The van der Waals surface area contributed by atoms with E-state index in [1.807, 2.05) is 62.5 Å². The molecule has 1 atom stereocenters. The lowest BCUT2D eigenvalue weighted by atomic mass is 10.2. The number of rotatable bonds is 6. The Morgan fingerprint density at radius 3 is 2.62 bits per heavy atom. The van der Waals surface area contributed by atoms with Gasteiger partial charge in [-0.1, -0.05) is 29.8 Å². The number of hydrogen-bond donors (Lipinski definition) is 2. The molecule has 0 saturated heterocycles. The van der Waals surface area contributed by atoms with Crippen LogP contribution < -0.4 is 10.2 Å². The van der Waals surface area contributed by atoms with Crippen molar-refractivity contribution >= 4 is 27.5 Å². The highest BCUT2D eigenvalue weighted by atomic mass is 79.9. The summed E-state index contributed by atoms with van der Waals surface area (Å²) in [5.41, 5.74) is 2.80. The zero-order valence-corrected chi connectivity index (χ0v) is 16.2. The van der Waals surface area contributed by atoms with E-state index in [4.69, 9.17) is 4.42 Å². The van der Waals surface area contributed by atoms with Crippen LogP contribution in [0.15, 0.2) is 57.4 Å². The topological polar surface area (TPSA) is 72.5 Å². The van der Waals surface area contributed by atoms with E-state index < -0.39 is 0 Å². The van der Waals surface area contributed by atoms with Gasteiger partial charge < -0.3 is 14.6 Å². The third-order valence-corrected chi connectivity index (χ3v) is 4.51. The molecule has 6 nitrogen and oxygen atoms in total. The van der Waals surface area contributed by atoms with E-state index >= 15 is 0 Å². The molecule has 2 aromatic carbocycles. The number of carbonyl (C=O) groups is 1. The molecule has 1 unspecified atom stereocenters. The fraction of sp³-hybridized carbons (Fsp3) is 0.211. The van der Waals surface area contributed by atoms with Gasteiger partial charge in [-0.25, -0.2) is 0 Å². The van der Waals surface area contributed by atoms with Crippen LogP contribution in [0.4, 0.5) is 5.69 Å². The highest BCUT2D eigenvalue weighted by Gasteiger charge is 2.16. The van der Waals surface area contributed by atoms with Crippen LogP contribution in [0, 0.1) is 6.92 Å². The first-order chi connectivity index (χ1) is 12.5. The molecule has 0 aliphatic heterocycles. The number of carbonyl (C=O) groups excluding carboxylic acids is 1. The maximum absolute atomic E-state index is 12.2. The minimum atomic E-state index is -0.0584. The standard InChI is InChI=1S/C19H19BrN4O2/c1-13-7-9-14(10-8-13)21-17(25)11-24(2)12-18-22-23-19(26-18)15-5-3-4-6-16(15)20/h3-10H,11-12H2,1-2H3,(H,21,25)/p+1. The predicted molar refractivity (Wildman–Crippen MR) is 103 cm³/mol. The van der Waals surface area contributed by atoms with Crippen molar-refractivity contribution in [2.24, 2.45) is 0 Å². The number of likely N-dealkylation sites (N-methyl/N-ethyl adjacent to an activating group) is 1. The summed E-state index contributed by atoms with van der Waals surface area (Å²) in [6.07, 6.45) is 0. The summed E-state index contributed by atoms with van der Waals surface area (Å²) in [5, 5.41) is 11.1. The molecule has 3 aromatic rings. The van der Waals surface area contributed by atoms with E-state index in [0.717, 1.165) is 26.2 Å². The Kier molecular flexibility index (Phi) is 5.80. The number of amides is 1. The SMILES string of the molecule is Cc1ccc(NC(=O)C[NH+](C)Cc2nnc(-c3ccccc3Br)o2)cc1. The third-order valence-electron chi connectivity index (χ3n) is 3.82. The molecule has 7 heteroatoms. The summed E-state index contributed by atoms with van der Waals surface area (Å²) in [6.45, 7) is 2.79. The molecule has 0 bridgehead atoms. The largest absolute Gasteiger partial charge is 0.415 e. The first kappa shape index (κ1) is 18.3. The molecule has 1 heterocycles. The van der Waals surface area contributed by atoms with Gasteiger partial charge in [0.2, 0.25) is 5.89 Å². The van der Waals surface area contributed by atoms with E-state index in [1.165, 1.54) is 0 Å². The number of nitrogens with zero attached hydrogens (tertiary/aromatic N) is 2. The van der Waals surface area contributed by atoms with Crippen LogP contribution in [0.25, 0.3) is 11.5 Å². The molecule has 0 aliphatic rings. The summed E-state index contributed by atoms with van der Waals surface area (Å²) in [7, 11) is 1.91. The fourth-order valence-corrected chi connectivity index (χ4v) is 2.96. The summed E-state index contributed by atoms with van der Waals surface area (Å²) < 4.78 is 6.63. The Hall–Kier alpha value is -2.51. The van der Waals surface area contributed by atoms with Gasteiger partial charge in [0.1, 0.15) is 0 Å². The highest BCUT2D eigenvalue weighted by Crippen LogP contribution is 2.26. The van der Waals surface area contributed by atoms with Gasteiger partial charge in [-0.15, -0.1) is 10.2 Å². The highest BCUT2D eigenvalue weighted by molar-refractivity contribution is 9.10. The fourth-order valence-electron chi connectivity index (χ4n) is 2.51. The molecule has 0 radical (unpaired) electrons. The van der Waals surface area contributed by atoms with Crippen molar-refractivity contribution in [2.45, 2.75) is 13.5 Å². The van der Waals surface area contributed by atoms with Crippen LogP contribution in [0.5, 0.6) is 0 Å². The zero-order chi connectivity index (χ0) is 18.5. The molecule has 1 aromatic heterocycles. The van der Waals surface area contributed by atoms with E-state index in [2.05, 4.69) is 31.4 Å². The van der Waals surface area contributed by atoms with Crippen molar-refractivity contribution in [3.63, 3.8) is 0 Å². The monoisotopic (exact) mass is 415 g/mol. The average Bonchev–Trinajstić information content (AvgIpc) is 3.05. The number of aryl methyl sites for hydroxylation is 1. The summed E-state index contributed by atoms with van der Waals surface area (Å²) in [6, 6.07) is 15.4. The first-order valence-corrected chi connectivity index (χ1v) is 9.05. The molecule has 3 rings (SSSR count). The Balaban J connectivity index is 1.56. The maximum atomic E-state index is 12.2. The van der Waals surface area contributed by atoms with Gasteiger partial charge in [-0.05, 0) is 47.1 Å². The van der Waals surface area contributed by atoms with E-state index in [9.17, 15) is 4.79 Å². The van der Waals surface area contributed by atoms with Crippen molar-refractivity contribution in [3.05, 3.63) is 64.5 Å². The third kappa shape index (κ3) is 4.77. The molecule has 26 heavy (non-hydrogen) atoms. The molecule has 0 fully saturated rings. The lowest BCUT2D eigenvalue weighted by Crippen LogP contribution is -3.08. The lowest BCUT2D eigenvalue weighted by molar-refractivity contribution is -0.886. The molecule has 0 aliphatic carbocycles. The normalized spacial score (nSPS) is 12.0. The average molecular weight is 416 g/mol. The van der Waals surface area contributed by atoms with Crippen molar-refractivity contribution in [3.8, 4) is 11.5 Å². The first-order valence-electron chi connectivity index (χ1n) is 8.26. The van der Waals surface area contributed by atoms with Gasteiger partial charge >= 0.3 is 0 Å². The Morgan fingerprint density at radius 1 is 1.15 bits per heavy atom. The molecular weight excluding hydrogens is 396 g/mol. The second-order valence-electron chi connectivity index (χ2n) is 6.21. The van der Waals surface area contributed by atoms with Gasteiger partial charge in [0.15, 0.2) is 13.1 Å². The second kappa shape index (κ2) is 8.25. The quantitative estimate of drug-likeness (QED) is 0.648. The number of hydrogen-bond acceptors (Lipinski definition) is 4. The van der Waals surface area contributed by atoms with Crippen molar-refractivity contribution in [1.82, 2.24) is 10.2 Å². The Morgan fingerprint density at radius 2 is 1.88 bits per heavy atom. The molecular formula is C19H20BrN4O2+. The summed E-state index contributed by atoms with van der Waals surface area (Å²) >= 11 is 3.48. The Labute approximate surface area is 160 Å². The summed E-state index contributed by atoms with van der Waals surface area (Å²) in [5.74, 6) is 0.901. The number of nitrogens with one attached hydrogen (secondary N) is 2. The van der Waals surface area contributed by atoms with Crippen molar-refractivity contribution in [1.29, 1.82) is 0 Å². The molecule has 1 amide bonds. The van der Waals surface area contributed by atoms with E-state index in [1.54, 1.807) is 0 Å². The van der Waals surface area contributed by atoms with Crippen molar-refractivity contribution in [2.75, 3.05) is 18.9 Å². The number of halogens is 1. The van der Waals surface area contributed by atoms with Crippen LogP contribution in [0.1, 0.15) is 11.5 Å². The van der Waals surface area contributed by atoms with Crippen LogP contribution in [0.2, 0.25) is 0 Å². The van der Waals surface area contributed by atoms with Crippen LogP contribution >= 0.6 is 15.9 Å². The Bertz CT molecular complexity index is 893. The van der Waals surface area contributed by atoms with Crippen molar-refractivity contribution < 1.29 is 14.1 Å². The minimum absolute atomic E-state index is 0.0584. The molecule has 0 spiro atoms. The predicted octanol–water partition coefficient (Wildman–Crippen LogP) is 2.46. The molecule has 134 valence electrons. The van der Waals surface area contributed by atoms with Crippen LogP contribution in [0.3, 0.4) is 0 Å². The smallest absolute Gasteiger partial charge is 0.279 e. The van der Waals surface area contributed by atoms with Gasteiger partial charge in [0.05, 0.1) is 12.6 Å². The van der Waals surface area contributed by atoms with Crippen LogP contribution in [-0.2, 0) is 11.3 Å². The number of aromatic nitrogens is 2. The van der Waals surface area contributed by atoms with E-state index in [0.29, 0.717) is 24.9 Å². The van der Waals surface area contributed by atoms with Crippen LogP contribution in [-0.4, -0.2) is 29.7 Å². The minimum Gasteiger partial charge on any atom is -0.415 e. The number of benzene rings is 2. The number of anilines is 1. The van der Waals surface area contributed by atoms with Gasteiger partial charge in [-0.3, -0.25) is 4.79 Å².